The summed E-state index contributed by atoms with van der Waals surface area (Å²) in [6, 6.07) is 0.158. The second-order valence-corrected chi connectivity index (χ2v) is 7.20. The molecule has 1 aliphatic heterocycles. The standard InChI is InChI=1S/C12H23ClN2O3S/c1-19(17,18)14-9-7-11-5-2-3-10-15(11)12(16)6-4-8-13/h11,14H,2-10H2,1H3. The maximum absolute atomic E-state index is 12.1. The third-order valence-electron chi connectivity index (χ3n) is 3.31. The first-order chi connectivity index (χ1) is 8.94. The molecule has 112 valence electrons. The van der Waals surface area contributed by atoms with Crippen LogP contribution in [0.5, 0.6) is 0 Å². The lowest BCUT2D eigenvalue weighted by Gasteiger charge is -2.36. The minimum atomic E-state index is -3.15. The summed E-state index contributed by atoms with van der Waals surface area (Å²) >= 11 is 5.61. The molecule has 1 aliphatic rings. The van der Waals surface area contributed by atoms with Gasteiger partial charge in [0.25, 0.3) is 0 Å². The Hall–Kier alpha value is -0.330. The molecule has 1 amide bonds. The Balaban J connectivity index is 2.45. The number of nitrogens with one attached hydrogen (secondary N) is 1. The van der Waals surface area contributed by atoms with Gasteiger partial charge in [-0.05, 0) is 32.1 Å². The summed E-state index contributed by atoms with van der Waals surface area (Å²) in [5.41, 5.74) is 0. The zero-order valence-electron chi connectivity index (χ0n) is 11.4. The number of amides is 1. The van der Waals surface area contributed by atoms with E-state index in [1.165, 1.54) is 0 Å². The Bertz CT molecular complexity index is 386. The summed E-state index contributed by atoms with van der Waals surface area (Å²) in [6.07, 6.45) is 6.10. The molecule has 1 heterocycles. The van der Waals surface area contributed by atoms with Crippen LogP contribution >= 0.6 is 11.6 Å². The van der Waals surface area contributed by atoms with Crippen molar-refractivity contribution in [3.05, 3.63) is 0 Å². The van der Waals surface area contributed by atoms with Gasteiger partial charge < -0.3 is 4.90 Å². The normalized spacial score (nSPS) is 20.5. The number of piperidine rings is 1. The molecule has 0 radical (unpaired) electrons. The third-order valence-corrected chi connectivity index (χ3v) is 4.31. The Morgan fingerprint density at radius 1 is 1.42 bits per heavy atom. The molecule has 1 N–H and O–H groups in total. The summed E-state index contributed by atoms with van der Waals surface area (Å²) in [5, 5.41) is 0. The first kappa shape index (κ1) is 16.7. The van der Waals surface area contributed by atoms with E-state index >= 15 is 0 Å². The fraction of sp³-hybridized carbons (Fsp3) is 0.917. The number of carbonyl (C=O) groups excluding carboxylic acids is 1. The van der Waals surface area contributed by atoms with Crippen LogP contribution in [0.2, 0.25) is 0 Å². The lowest BCUT2D eigenvalue weighted by Crippen LogP contribution is -2.45. The van der Waals surface area contributed by atoms with Crippen LogP contribution in [0.25, 0.3) is 0 Å². The summed E-state index contributed by atoms with van der Waals surface area (Å²) in [7, 11) is -3.15. The SMILES string of the molecule is CS(=O)(=O)NCCC1CCCCN1C(=O)CCCCl. The van der Waals surface area contributed by atoms with Crippen LogP contribution < -0.4 is 4.72 Å². The lowest BCUT2D eigenvalue weighted by molar-refractivity contribution is -0.135. The Labute approximate surface area is 120 Å². The van der Waals surface area contributed by atoms with E-state index in [1.807, 2.05) is 4.90 Å². The Morgan fingerprint density at radius 3 is 2.79 bits per heavy atom. The minimum Gasteiger partial charge on any atom is -0.340 e. The highest BCUT2D eigenvalue weighted by molar-refractivity contribution is 7.88. The summed E-state index contributed by atoms with van der Waals surface area (Å²) in [4.78, 5) is 14.0. The van der Waals surface area contributed by atoms with Gasteiger partial charge in [-0.25, -0.2) is 13.1 Å². The number of likely N-dealkylation sites (tertiary alicyclic amines) is 1. The number of rotatable bonds is 7. The highest BCUT2D eigenvalue weighted by Crippen LogP contribution is 2.20. The maximum Gasteiger partial charge on any atom is 0.222 e. The Morgan fingerprint density at radius 2 is 2.16 bits per heavy atom. The van der Waals surface area contributed by atoms with Crippen molar-refractivity contribution >= 4 is 27.5 Å². The number of hydrogen-bond acceptors (Lipinski definition) is 3. The fourth-order valence-electron chi connectivity index (χ4n) is 2.40. The smallest absolute Gasteiger partial charge is 0.222 e. The van der Waals surface area contributed by atoms with Crippen molar-refractivity contribution in [3.63, 3.8) is 0 Å². The average molecular weight is 311 g/mol. The third kappa shape index (κ3) is 6.58. The number of carbonyl (C=O) groups is 1. The van der Waals surface area contributed by atoms with Crippen molar-refractivity contribution in [2.75, 3.05) is 25.2 Å². The van der Waals surface area contributed by atoms with E-state index in [9.17, 15) is 13.2 Å². The quantitative estimate of drug-likeness (QED) is 0.721. The van der Waals surface area contributed by atoms with Gasteiger partial charge in [0.1, 0.15) is 0 Å². The molecule has 19 heavy (non-hydrogen) atoms. The minimum absolute atomic E-state index is 0.143. The van der Waals surface area contributed by atoms with Crippen LogP contribution in [-0.4, -0.2) is 50.5 Å². The van der Waals surface area contributed by atoms with Crippen LogP contribution in [0.4, 0.5) is 0 Å². The average Bonchev–Trinajstić information content (AvgIpc) is 2.35. The van der Waals surface area contributed by atoms with E-state index in [-0.39, 0.29) is 11.9 Å². The topological polar surface area (TPSA) is 66.5 Å². The molecule has 0 aromatic heterocycles. The number of halogens is 1. The van der Waals surface area contributed by atoms with E-state index in [1.54, 1.807) is 0 Å². The van der Waals surface area contributed by atoms with Crippen LogP contribution in [0.15, 0.2) is 0 Å². The van der Waals surface area contributed by atoms with Gasteiger partial charge in [0, 0.05) is 31.4 Å². The molecular weight excluding hydrogens is 288 g/mol. The molecule has 0 spiro atoms. The predicted octanol–water partition coefficient (Wildman–Crippen LogP) is 1.33. The zero-order chi connectivity index (χ0) is 14.3. The van der Waals surface area contributed by atoms with E-state index in [0.29, 0.717) is 31.7 Å². The van der Waals surface area contributed by atoms with Gasteiger partial charge in [0.2, 0.25) is 15.9 Å². The zero-order valence-corrected chi connectivity index (χ0v) is 13.0. The van der Waals surface area contributed by atoms with Crippen LogP contribution in [-0.2, 0) is 14.8 Å². The molecule has 7 heteroatoms. The highest BCUT2D eigenvalue weighted by Gasteiger charge is 2.25. The summed E-state index contributed by atoms with van der Waals surface area (Å²) in [6.45, 7) is 1.17. The number of nitrogens with zero attached hydrogens (tertiary/aromatic N) is 1. The molecule has 0 saturated carbocycles. The van der Waals surface area contributed by atoms with E-state index < -0.39 is 10.0 Å². The number of sulfonamides is 1. The molecule has 1 atom stereocenters. The van der Waals surface area contributed by atoms with Crippen molar-refractivity contribution in [1.29, 1.82) is 0 Å². The monoisotopic (exact) mass is 310 g/mol. The predicted molar refractivity (Wildman–Crippen MR) is 76.8 cm³/mol. The molecule has 0 bridgehead atoms. The van der Waals surface area contributed by atoms with E-state index in [2.05, 4.69) is 4.72 Å². The van der Waals surface area contributed by atoms with Crippen molar-refractivity contribution in [3.8, 4) is 0 Å². The van der Waals surface area contributed by atoms with Gasteiger partial charge >= 0.3 is 0 Å². The van der Waals surface area contributed by atoms with Crippen molar-refractivity contribution in [1.82, 2.24) is 9.62 Å². The van der Waals surface area contributed by atoms with E-state index in [4.69, 9.17) is 11.6 Å². The molecule has 5 nitrogen and oxygen atoms in total. The molecule has 1 rings (SSSR count). The van der Waals surface area contributed by atoms with Crippen molar-refractivity contribution in [2.24, 2.45) is 0 Å². The van der Waals surface area contributed by atoms with Crippen molar-refractivity contribution in [2.45, 2.75) is 44.6 Å². The summed E-state index contributed by atoms with van der Waals surface area (Å²) in [5.74, 6) is 0.643. The van der Waals surface area contributed by atoms with Gasteiger partial charge in [-0.1, -0.05) is 0 Å². The van der Waals surface area contributed by atoms with Gasteiger partial charge in [-0.2, -0.15) is 0 Å². The molecule has 1 fully saturated rings. The molecule has 0 aromatic carbocycles. The van der Waals surface area contributed by atoms with Gasteiger partial charge in [0.15, 0.2) is 0 Å². The first-order valence-electron chi connectivity index (χ1n) is 6.74. The highest BCUT2D eigenvalue weighted by atomic mass is 35.5. The Kier molecular flexibility index (Phi) is 7.10. The van der Waals surface area contributed by atoms with Gasteiger partial charge in [0.05, 0.1) is 6.26 Å². The van der Waals surface area contributed by atoms with Gasteiger partial charge in [-0.15, -0.1) is 11.6 Å². The summed E-state index contributed by atoms with van der Waals surface area (Å²) < 4.78 is 24.5. The number of alkyl halides is 1. The fourth-order valence-corrected chi connectivity index (χ4v) is 3.02. The maximum atomic E-state index is 12.1. The molecule has 0 aliphatic carbocycles. The van der Waals surface area contributed by atoms with Crippen molar-refractivity contribution < 1.29 is 13.2 Å². The molecule has 1 saturated heterocycles. The van der Waals surface area contributed by atoms with E-state index in [0.717, 1.165) is 32.1 Å². The molecular formula is C12H23ClN2O3S. The second kappa shape index (κ2) is 8.07. The first-order valence-corrected chi connectivity index (χ1v) is 9.16. The lowest BCUT2D eigenvalue weighted by atomic mass is 9.99. The second-order valence-electron chi connectivity index (χ2n) is 4.98. The van der Waals surface area contributed by atoms with Crippen LogP contribution in [0.3, 0.4) is 0 Å². The molecule has 0 aromatic rings. The largest absolute Gasteiger partial charge is 0.340 e. The van der Waals surface area contributed by atoms with Crippen LogP contribution in [0, 0.1) is 0 Å². The number of hydrogen-bond donors (Lipinski definition) is 1. The van der Waals surface area contributed by atoms with Crippen LogP contribution in [0.1, 0.15) is 38.5 Å². The van der Waals surface area contributed by atoms with Gasteiger partial charge in [-0.3, -0.25) is 4.79 Å². The molecule has 1 unspecified atom stereocenters.